The van der Waals surface area contributed by atoms with E-state index in [9.17, 15) is 18.0 Å². The number of rotatable bonds is 5. The normalized spacial score (nSPS) is 14.6. The van der Waals surface area contributed by atoms with Crippen LogP contribution in [0.4, 0.5) is 5.69 Å². The molecule has 28 heavy (non-hydrogen) atoms. The third-order valence-electron chi connectivity index (χ3n) is 4.56. The summed E-state index contributed by atoms with van der Waals surface area (Å²) in [5.41, 5.74) is 2.23. The zero-order valence-electron chi connectivity index (χ0n) is 15.6. The molecule has 0 unspecified atom stereocenters. The number of benzene rings is 2. The molecule has 2 aromatic rings. The zero-order valence-corrected chi connectivity index (χ0v) is 16.5. The minimum atomic E-state index is -3.46. The van der Waals surface area contributed by atoms with E-state index in [1.807, 2.05) is 13.0 Å². The number of amides is 2. The van der Waals surface area contributed by atoms with Gasteiger partial charge in [0.1, 0.15) is 0 Å². The fourth-order valence-corrected chi connectivity index (χ4v) is 4.55. The molecule has 0 atom stereocenters. The quantitative estimate of drug-likeness (QED) is 0.750. The van der Waals surface area contributed by atoms with Gasteiger partial charge in [0.05, 0.1) is 4.90 Å². The fraction of sp³-hybridized carbons (Fsp3) is 0.300. The molecule has 1 fully saturated rings. The Balaban J connectivity index is 1.55. The topological polar surface area (TPSA) is 95.6 Å². The average Bonchev–Trinajstić information content (AvgIpc) is 3.22. The summed E-state index contributed by atoms with van der Waals surface area (Å²) in [5, 5.41) is 5.08. The van der Waals surface area contributed by atoms with E-state index in [1.165, 1.54) is 16.4 Å². The molecular weight excluding hydrogens is 378 g/mol. The van der Waals surface area contributed by atoms with Gasteiger partial charge in [0.2, 0.25) is 10.0 Å². The van der Waals surface area contributed by atoms with E-state index in [0.29, 0.717) is 24.3 Å². The van der Waals surface area contributed by atoms with Gasteiger partial charge in [-0.05, 0) is 55.2 Å². The van der Waals surface area contributed by atoms with E-state index in [4.69, 9.17) is 0 Å². The lowest BCUT2D eigenvalue weighted by Crippen LogP contribution is -2.35. The van der Waals surface area contributed by atoms with Crippen molar-refractivity contribution >= 4 is 27.5 Å². The first-order valence-electron chi connectivity index (χ1n) is 9.11. The summed E-state index contributed by atoms with van der Waals surface area (Å²) in [4.78, 5) is 24.2. The van der Waals surface area contributed by atoms with E-state index < -0.39 is 21.8 Å². The van der Waals surface area contributed by atoms with Crippen molar-refractivity contribution in [2.45, 2.75) is 31.2 Å². The standard InChI is InChI=1S/C20H23N3O4S/c1-15-5-4-6-17(13-15)22-20(25)19(24)21-14-16-7-9-18(10-8-16)28(26,27)23-11-2-3-12-23/h4-10,13H,2-3,11-12,14H2,1H3,(H,21,24)(H,22,25). The summed E-state index contributed by atoms with van der Waals surface area (Å²) >= 11 is 0. The van der Waals surface area contributed by atoms with Crippen molar-refractivity contribution in [2.75, 3.05) is 18.4 Å². The highest BCUT2D eigenvalue weighted by Gasteiger charge is 2.26. The second-order valence-electron chi connectivity index (χ2n) is 6.76. The molecule has 8 heteroatoms. The number of carbonyl (C=O) groups is 2. The molecule has 148 valence electrons. The fourth-order valence-electron chi connectivity index (χ4n) is 3.03. The van der Waals surface area contributed by atoms with Crippen LogP contribution in [0, 0.1) is 6.92 Å². The Morgan fingerprint density at radius 3 is 2.32 bits per heavy atom. The molecule has 2 aromatic carbocycles. The van der Waals surface area contributed by atoms with Crippen LogP contribution in [-0.4, -0.2) is 37.6 Å². The molecular formula is C20H23N3O4S. The molecule has 0 bridgehead atoms. The van der Waals surface area contributed by atoms with E-state index in [2.05, 4.69) is 10.6 Å². The first kappa shape index (κ1) is 20.0. The van der Waals surface area contributed by atoms with E-state index >= 15 is 0 Å². The predicted octanol–water partition coefficient (Wildman–Crippen LogP) is 2.03. The molecule has 0 radical (unpaired) electrons. The molecule has 1 saturated heterocycles. The first-order valence-corrected chi connectivity index (χ1v) is 10.6. The second kappa shape index (κ2) is 8.53. The Labute approximate surface area is 164 Å². The van der Waals surface area contributed by atoms with Gasteiger partial charge in [-0.1, -0.05) is 24.3 Å². The number of sulfonamides is 1. The lowest BCUT2D eigenvalue weighted by atomic mass is 10.2. The second-order valence-corrected chi connectivity index (χ2v) is 8.70. The molecule has 7 nitrogen and oxygen atoms in total. The molecule has 2 N–H and O–H groups in total. The van der Waals surface area contributed by atoms with Crippen molar-refractivity contribution in [3.63, 3.8) is 0 Å². The summed E-state index contributed by atoms with van der Waals surface area (Å²) in [6.07, 6.45) is 1.77. The highest BCUT2D eigenvalue weighted by molar-refractivity contribution is 7.89. The summed E-state index contributed by atoms with van der Waals surface area (Å²) in [7, 11) is -3.46. The van der Waals surface area contributed by atoms with Crippen LogP contribution in [0.5, 0.6) is 0 Å². The number of aryl methyl sites for hydroxylation is 1. The maximum atomic E-state index is 12.5. The maximum absolute atomic E-state index is 12.5. The Morgan fingerprint density at radius 1 is 1.00 bits per heavy atom. The summed E-state index contributed by atoms with van der Waals surface area (Å²) in [6.45, 7) is 3.12. The van der Waals surface area contributed by atoms with Crippen LogP contribution in [0.2, 0.25) is 0 Å². The largest absolute Gasteiger partial charge is 0.344 e. The van der Waals surface area contributed by atoms with Crippen molar-refractivity contribution in [1.82, 2.24) is 9.62 Å². The molecule has 0 aliphatic carbocycles. The predicted molar refractivity (Wildman–Crippen MR) is 106 cm³/mol. The third kappa shape index (κ3) is 4.76. The molecule has 0 spiro atoms. The zero-order chi connectivity index (χ0) is 20.1. The Morgan fingerprint density at radius 2 is 1.68 bits per heavy atom. The van der Waals surface area contributed by atoms with Gasteiger partial charge in [-0.2, -0.15) is 4.31 Å². The highest BCUT2D eigenvalue weighted by Crippen LogP contribution is 2.21. The van der Waals surface area contributed by atoms with E-state index in [1.54, 1.807) is 30.3 Å². The van der Waals surface area contributed by atoms with Gasteiger partial charge >= 0.3 is 11.8 Å². The van der Waals surface area contributed by atoms with E-state index in [-0.39, 0.29) is 11.4 Å². The van der Waals surface area contributed by atoms with Crippen LogP contribution < -0.4 is 10.6 Å². The van der Waals surface area contributed by atoms with Gasteiger partial charge in [-0.15, -0.1) is 0 Å². The number of hydrogen-bond donors (Lipinski definition) is 2. The van der Waals surface area contributed by atoms with Crippen molar-refractivity contribution in [3.05, 3.63) is 59.7 Å². The molecule has 0 aromatic heterocycles. The molecule has 1 heterocycles. The minimum Gasteiger partial charge on any atom is -0.344 e. The number of hydrogen-bond acceptors (Lipinski definition) is 4. The van der Waals surface area contributed by atoms with Gasteiger partial charge < -0.3 is 10.6 Å². The van der Waals surface area contributed by atoms with Gasteiger partial charge in [0.15, 0.2) is 0 Å². The average molecular weight is 401 g/mol. The van der Waals surface area contributed by atoms with Crippen LogP contribution >= 0.6 is 0 Å². The van der Waals surface area contributed by atoms with Crippen LogP contribution in [-0.2, 0) is 26.2 Å². The summed E-state index contributed by atoms with van der Waals surface area (Å²) < 4.78 is 26.5. The SMILES string of the molecule is Cc1cccc(NC(=O)C(=O)NCc2ccc(S(=O)(=O)N3CCCC3)cc2)c1. The molecule has 1 aliphatic rings. The number of anilines is 1. The Kier molecular flexibility index (Phi) is 6.11. The van der Waals surface area contributed by atoms with Crippen molar-refractivity contribution in [1.29, 1.82) is 0 Å². The summed E-state index contributed by atoms with van der Waals surface area (Å²) in [5.74, 6) is -1.51. The van der Waals surface area contributed by atoms with Crippen LogP contribution in [0.15, 0.2) is 53.4 Å². The Hall–Kier alpha value is -2.71. The lowest BCUT2D eigenvalue weighted by molar-refractivity contribution is -0.136. The number of carbonyl (C=O) groups excluding carboxylic acids is 2. The monoisotopic (exact) mass is 401 g/mol. The highest BCUT2D eigenvalue weighted by atomic mass is 32.2. The van der Waals surface area contributed by atoms with Crippen LogP contribution in [0.25, 0.3) is 0 Å². The Bertz CT molecular complexity index is 965. The van der Waals surface area contributed by atoms with Crippen molar-refractivity contribution in [2.24, 2.45) is 0 Å². The number of nitrogens with zero attached hydrogens (tertiary/aromatic N) is 1. The van der Waals surface area contributed by atoms with Gasteiger partial charge in [-0.25, -0.2) is 8.42 Å². The molecule has 2 amide bonds. The smallest absolute Gasteiger partial charge is 0.313 e. The van der Waals surface area contributed by atoms with Crippen molar-refractivity contribution < 1.29 is 18.0 Å². The van der Waals surface area contributed by atoms with Gasteiger partial charge in [-0.3, -0.25) is 9.59 Å². The van der Waals surface area contributed by atoms with Gasteiger partial charge in [0, 0.05) is 25.3 Å². The van der Waals surface area contributed by atoms with Crippen LogP contribution in [0.3, 0.4) is 0 Å². The minimum absolute atomic E-state index is 0.129. The number of nitrogens with one attached hydrogen (secondary N) is 2. The lowest BCUT2D eigenvalue weighted by Gasteiger charge is -2.15. The first-order chi connectivity index (χ1) is 13.4. The molecule has 0 saturated carbocycles. The van der Waals surface area contributed by atoms with Crippen LogP contribution in [0.1, 0.15) is 24.0 Å². The molecule has 1 aliphatic heterocycles. The van der Waals surface area contributed by atoms with Crippen molar-refractivity contribution in [3.8, 4) is 0 Å². The van der Waals surface area contributed by atoms with Gasteiger partial charge in [0.25, 0.3) is 0 Å². The van der Waals surface area contributed by atoms with E-state index in [0.717, 1.165) is 18.4 Å². The summed E-state index contributed by atoms with van der Waals surface area (Å²) in [6, 6.07) is 13.5. The molecule has 3 rings (SSSR count). The third-order valence-corrected chi connectivity index (χ3v) is 6.47. The maximum Gasteiger partial charge on any atom is 0.313 e.